The number of aryl methyl sites for hydroxylation is 2. The molecule has 0 saturated heterocycles. The number of methoxy groups -OCH3 is 1. The average molecular weight is 453 g/mol. The first-order valence-electron chi connectivity index (χ1n) is 10.3. The largest absolute Gasteiger partial charge is 0.493 e. The summed E-state index contributed by atoms with van der Waals surface area (Å²) < 4.78 is 32.0. The molecule has 0 aromatic heterocycles. The number of carbonyl (C=O) groups is 1. The normalized spacial score (nSPS) is 12.1. The zero-order valence-electron chi connectivity index (χ0n) is 18.7. The molecule has 0 fully saturated rings. The van der Waals surface area contributed by atoms with Crippen molar-refractivity contribution in [2.75, 3.05) is 19.0 Å². The van der Waals surface area contributed by atoms with Crippen LogP contribution in [0.3, 0.4) is 0 Å². The smallest absolute Gasteiger partial charge is 0.239 e. The molecule has 7 heteroatoms. The highest BCUT2D eigenvalue weighted by atomic mass is 32.2. The summed E-state index contributed by atoms with van der Waals surface area (Å²) in [5, 5.41) is 5.97. The maximum absolute atomic E-state index is 13.3. The van der Waals surface area contributed by atoms with Crippen molar-refractivity contribution in [3.05, 3.63) is 83.4 Å². The number of sulfone groups is 1. The first kappa shape index (κ1) is 23.3. The third-order valence-electron chi connectivity index (χ3n) is 5.14. The van der Waals surface area contributed by atoms with Gasteiger partial charge in [0.25, 0.3) is 0 Å². The summed E-state index contributed by atoms with van der Waals surface area (Å²) >= 11 is 0. The maximum Gasteiger partial charge on any atom is 0.239 e. The Labute approximate surface area is 189 Å². The number of carbonyl (C=O) groups excluding carboxylic acids is 1. The minimum atomic E-state index is -3.80. The molecule has 1 amide bonds. The number of benzene rings is 3. The topological polar surface area (TPSA) is 84.5 Å². The van der Waals surface area contributed by atoms with Gasteiger partial charge >= 0.3 is 0 Å². The van der Waals surface area contributed by atoms with Crippen LogP contribution in [0.5, 0.6) is 5.75 Å². The summed E-state index contributed by atoms with van der Waals surface area (Å²) in [4.78, 5) is 12.7. The van der Waals surface area contributed by atoms with E-state index in [0.29, 0.717) is 5.69 Å². The Morgan fingerprint density at radius 3 is 2.25 bits per heavy atom. The Bertz CT molecular complexity index is 1190. The number of nitrogens with one attached hydrogen (secondary N) is 2. The lowest BCUT2D eigenvalue weighted by Crippen LogP contribution is -2.32. The SMILES string of the molecule is COc1c(NCC(=O)NC(C)c2ccccc2)cc(C)cc1S(=O)(=O)c1ccc(C)cc1. The Morgan fingerprint density at radius 2 is 1.62 bits per heavy atom. The second-order valence-corrected chi connectivity index (χ2v) is 9.63. The van der Waals surface area contributed by atoms with E-state index in [1.165, 1.54) is 7.11 Å². The Hall–Kier alpha value is -3.32. The molecule has 32 heavy (non-hydrogen) atoms. The first-order valence-corrected chi connectivity index (χ1v) is 11.8. The van der Waals surface area contributed by atoms with E-state index in [-0.39, 0.29) is 34.0 Å². The molecule has 0 saturated carbocycles. The van der Waals surface area contributed by atoms with Gasteiger partial charge < -0.3 is 15.4 Å². The van der Waals surface area contributed by atoms with Gasteiger partial charge in [0.15, 0.2) is 5.75 Å². The molecule has 0 bridgehead atoms. The predicted octanol–water partition coefficient (Wildman–Crippen LogP) is 4.43. The van der Waals surface area contributed by atoms with Gasteiger partial charge in [0.2, 0.25) is 15.7 Å². The van der Waals surface area contributed by atoms with Crippen LogP contribution >= 0.6 is 0 Å². The van der Waals surface area contributed by atoms with Crippen molar-refractivity contribution in [1.29, 1.82) is 0 Å². The summed E-state index contributed by atoms with van der Waals surface area (Å²) in [6.07, 6.45) is 0. The third-order valence-corrected chi connectivity index (χ3v) is 6.92. The van der Waals surface area contributed by atoms with E-state index in [9.17, 15) is 13.2 Å². The minimum Gasteiger partial charge on any atom is -0.493 e. The van der Waals surface area contributed by atoms with Gasteiger partial charge in [-0.05, 0) is 56.2 Å². The van der Waals surface area contributed by atoms with E-state index in [1.54, 1.807) is 43.3 Å². The van der Waals surface area contributed by atoms with Gasteiger partial charge in [-0.1, -0.05) is 48.0 Å². The Balaban J connectivity index is 1.82. The molecule has 0 radical (unpaired) electrons. The fourth-order valence-electron chi connectivity index (χ4n) is 3.42. The summed E-state index contributed by atoms with van der Waals surface area (Å²) in [5.41, 5.74) is 3.15. The lowest BCUT2D eigenvalue weighted by molar-refractivity contribution is -0.120. The minimum absolute atomic E-state index is 0.0268. The fraction of sp³-hybridized carbons (Fsp3) is 0.240. The highest BCUT2D eigenvalue weighted by Gasteiger charge is 2.25. The molecule has 1 unspecified atom stereocenters. The van der Waals surface area contributed by atoms with Gasteiger partial charge in [-0.2, -0.15) is 0 Å². The van der Waals surface area contributed by atoms with Gasteiger partial charge in [-0.3, -0.25) is 4.79 Å². The maximum atomic E-state index is 13.3. The van der Waals surface area contributed by atoms with Crippen molar-refractivity contribution in [1.82, 2.24) is 5.32 Å². The first-order chi connectivity index (χ1) is 15.2. The molecule has 0 spiro atoms. The summed E-state index contributed by atoms with van der Waals surface area (Å²) in [7, 11) is -2.38. The predicted molar refractivity (Wildman–Crippen MR) is 126 cm³/mol. The van der Waals surface area contributed by atoms with E-state index in [4.69, 9.17) is 4.74 Å². The van der Waals surface area contributed by atoms with Crippen LogP contribution in [0.2, 0.25) is 0 Å². The molecule has 3 aromatic carbocycles. The van der Waals surface area contributed by atoms with E-state index in [1.807, 2.05) is 44.2 Å². The van der Waals surface area contributed by atoms with Crippen LogP contribution in [0.4, 0.5) is 5.69 Å². The van der Waals surface area contributed by atoms with Gasteiger partial charge in [-0.25, -0.2) is 8.42 Å². The van der Waals surface area contributed by atoms with Crippen molar-refractivity contribution in [3.8, 4) is 5.75 Å². The number of amides is 1. The van der Waals surface area contributed by atoms with Gasteiger partial charge in [-0.15, -0.1) is 0 Å². The lowest BCUT2D eigenvalue weighted by Gasteiger charge is -2.18. The molecule has 0 aliphatic carbocycles. The second-order valence-electron chi connectivity index (χ2n) is 7.71. The van der Waals surface area contributed by atoms with Crippen LogP contribution in [0.1, 0.15) is 29.7 Å². The molecule has 2 N–H and O–H groups in total. The molecule has 6 nitrogen and oxygen atoms in total. The molecule has 168 valence electrons. The van der Waals surface area contributed by atoms with Gasteiger partial charge in [0, 0.05) is 0 Å². The van der Waals surface area contributed by atoms with Crippen LogP contribution in [0.25, 0.3) is 0 Å². The van der Waals surface area contributed by atoms with Crippen molar-refractivity contribution in [2.45, 2.75) is 36.6 Å². The molecule has 0 heterocycles. The number of anilines is 1. The van der Waals surface area contributed by atoms with E-state index >= 15 is 0 Å². The quantitative estimate of drug-likeness (QED) is 0.528. The average Bonchev–Trinajstić information content (AvgIpc) is 2.78. The fourth-order valence-corrected chi connectivity index (χ4v) is 4.95. The summed E-state index contributed by atoms with van der Waals surface area (Å²) in [6, 6.07) is 19.5. The molecular weight excluding hydrogens is 424 g/mol. The summed E-state index contributed by atoms with van der Waals surface area (Å²) in [6.45, 7) is 5.58. The highest BCUT2D eigenvalue weighted by molar-refractivity contribution is 7.91. The zero-order chi connectivity index (χ0) is 23.3. The van der Waals surface area contributed by atoms with Crippen LogP contribution in [0, 0.1) is 13.8 Å². The second kappa shape index (κ2) is 9.87. The number of rotatable bonds is 8. The van der Waals surface area contributed by atoms with Gasteiger partial charge in [0.05, 0.1) is 30.3 Å². The molecule has 3 aromatic rings. The Morgan fingerprint density at radius 1 is 0.969 bits per heavy atom. The van der Waals surface area contributed by atoms with Crippen molar-refractivity contribution >= 4 is 21.4 Å². The number of hydrogen-bond donors (Lipinski definition) is 2. The Kier molecular flexibility index (Phi) is 7.20. The summed E-state index contributed by atoms with van der Waals surface area (Å²) in [5.74, 6) is -0.0343. The van der Waals surface area contributed by atoms with E-state index in [2.05, 4.69) is 10.6 Å². The van der Waals surface area contributed by atoms with Crippen LogP contribution in [-0.2, 0) is 14.6 Å². The monoisotopic (exact) mass is 452 g/mol. The zero-order valence-corrected chi connectivity index (χ0v) is 19.5. The van der Waals surface area contributed by atoms with Crippen molar-refractivity contribution in [3.63, 3.8) is 0 Å². The van der Waals surface area contributed by atoms with Crippen LogP contribution in [-0.4, -0.2) is 28.0 Å². The molecule has 1 atom stereocenters. The highest BCUT2D eigenvalue weighted by Crippen LogP contribution is 2.37. The molecule has 0 aliphatic heterocycles. The van der Waals surface area contributed by atoms with E-state index < -0.39 is 9.84 Å². The van der Waals surface area contributed by atoms with E-state index in [0.717, 1.165) is 16.7 Å². The standard InChI is InChI=1S/C25H28N2O4S/c1-17-10-12-21(13-11-17)32(29,30)23-15-18(2)14-22(25(23)31-4)26-16-24(28)27-19(3)20-8-6-5-7-9-20/h5-15,19,26H,16H2,1-4H3,(H,27,28). The van der Waals surface area contributed by atoms with Crippen molar-refractivity contribution < 1.29 is 17.9 Å². The molecular formula is C25H28N2O4S. The molecule has 0 aliphatic rings. The molecule has 3 rings (SSSR count). The van der Waals surface area contributed by atoms with Crippen molar-refractivity contribution in [2.24, 2.45) is 0 Å². The third kappa shape index (κ3) is 5.29. The van der Waals surface area contributed by atoms with Gasteiger partial charge in [0.1, 0.15) is 4.90 Å². The lowest BCUT2D eigenvalue weighted by atomic mass is 10.1. The number of hydrogen-bond acceptors (Lipinski definition) is 5. The number of ether oxygens (including phenoxy) is 1. The van der Waals surface area contributed by atoms with Crippen LogP contribution in [0.15, 0.2) is 76.5 Å². The van der Waals surface area contributed by atoms with Crippen LogP contribution < -0.4 is 15.4 Å².